The quantitative estimate of drug-likeness (QED) is 0.554. The Morgan fingerprint density at radius 2 is 1.58 bits per heavy atom. The van der Waals surface area contributed by atoms with Crippen molar-refractivity contribution in [2.75, 3.05) is 17.4 Å². The number of aromatic nitrogens is 1. The van der Waals surface area contributed by atoms with Crippen LogP contribution in [-0.2, 0) is 21.2 Å². The second kappa shape index (κ2) is 10.2. The van der Waals surface area contributed by atoms with Crippen LogP contribution in [0.25, 0.3) is 0 Å². The van der Waals surface area contributed by atoms with Gasteiger partial charge in [-0.15, -0.1) is 0 Å². The van der Waals surface area contributed by atoms with Crippen LogP contribution in [0.2, 0.25) is 0 Å². The average molecular weight is 438 g/mol. The van der Waals surface area contributed by atoms with Gasteiger partial charge in [-0.05, 0) is 50.2 Å². The molecular weight excluding hydrogens is 410 g/mol. The highest BCUT2D eigenvalue weighted by atomic mass is 32.2. The van der Waals surface area contributed by atoms with E-state index >= 15 is 0 Å². The fourth-order valence-corrected chi connectivity index (χ4v) is 4.57. The van der Waals surface area contributed by atoms with Crippen LogP contribution in [0.1, 0.15) is 23.2 Å². The van der Waals surface area contributed by atoms with Crippen molar-refractivity contribution in [1.29, 1.82) is 0 Å². The van der Waals surface area contributed by atoms with Crippen molar-refractivity contribution in [3.8, 4) is 0 Å². The number of hydrogen-bond acceptors (Lipinski definition) is 4. The molecule has 0 aliphatic heterocycles. The number of sulfonamides is 1. The van der Waals surface area contributed by atoms with Crippen LogP contribution in [0, 0.1) is 13.8 Å². The second-order valence-electron chi connectivity index (χ2n) is 7.40. The summed E-state index contributed by atoms with van der Waals surface area (Å²) < 4.78 is 28.0. The largest absolute Gasteiger partial charge is 0.356 e. The minimum Gasteiger partial charge on any atom is -0.356 e. The summed E-state index contributed by atoms with van der Waals surface area (Å²) in [7, 11) is -3.80. The minimum absolute atomic E-state index is 0.0503. The Hall–Kier alpha value is -3.19. The van der Waals surface area contributed by atoms with Crippen molar-refractivity contribution in [3.05, 3.63) is 89.7 Å². The second-order valence-corrected chi connectivity index (χ2v) is 9.26. The fourth-order valence-electron chi connectivity index (χ4n) is 3.10. The highest BCUT2D eigenvalue weighted by molar-refractivity contribution is 7.92. The number of carbonyl (C=O) groups excluding carboxylic acids is 1. The summed E-state index contributed by atoms with van der Waals surface area (Å²) in [6.07, 6.45) is 2.39. The smallest absolute Gasteiger partial charge is 0.264 e. The van der Waals surface area contributed by atoms with Gasteiger partial charge in [-0.25, -0.2) is 8.42 Å². The number of nitrogens with zero attached hydrogens (tertiary/aromatic N) is 2. The summed E-state index contributed by atoms with van der Waals surface area (Å²) >= 11 is 0. The van der Waals surface area contributed by atoms with Crippen LogP contribution in [0.15, 0.2) is 77.8 Å². The monoisotopic (exact) mass is 437 g/mol. The van der Waals surface area contributed by atoms with Gasteiger partial charge in [-0.3, -0.25) is 14.1 Å². The van der Waals surface area contributed by atoms with Crippen molar-refractivity contribution < 1.29 is 13.2 Å². The Morgan fingerprint density at radius 3 is 2.19 bits per heavy atom. The molecule has 0 bridgehead atoms. The fraction of sp³-hybridized carbons (Fsp3) is 0.250. The summed E-state index contributed by atoms with van der Waals surface area (Å²) in [6, 6.07) is 19.6. The molecule has 1 amide bonds. The van der Waals surface area contributed by atoms with E-state index in [0.717, 1.165) is 16.8 Å². The van der Waals surface area contributed by atoms with Gasteiger partial charge in [0.2, 0.25) is 5.91 Å². The Kier molecular flexibility index (Phi) is 7.41. The molecule has 31 heavy (non-hydrogen) atoms. The normalized spacial score (nSPS) is 11.2. The maximum Gasteiger partial charge on any atom is 0.264 e. The van der Waals surface area contributed by atoms with E-state index < -0.39 is 10.0 Å². The molecule has 0 aliphatic rings. The Bertz CT molecular complexity index is 1100. The zero-order valence-electron chi connectivity index (χ0n) is 17.8. The first-order valence-corrected chi connectivity index (χ1v) is 11.6. The number of anilines is 1. The lowest BCUT2D eigenvalue weighted by Crippen LogP contribution is -2.35. The molecule has 0 spiro atoms. The summed E-state index contributed by atoms with van der Waals surface area (Å²) in [5.41, 5.74) is 3.44. The van der Waals surface area contributed by atoms with Gasteiger partial charge >= 0.3 is 0 Å². The minimum atomic E-state index is -3.80. The van der Waals surface area contributed by atoms with Gasteiger partial charge < -0.3 is 5.32 Å². The van der Waals surface area contributed by atoms with E-state index in [2.05, 4.69) is 10.3 Å². The van der Waals surface area contributed by atoms with E-state index in [9.17, 15) is 13.2 Å². The molecule has 3 aromatic rings. The summed E-state index contributed by atoms with van der Waals surface area (Å²) in [5, 5.41) is 2.85. The first-order valence-electron chi connectivity index (χ1n) is 10.2. The van der Waals surface area contributed by atoms with Crippen LogP contribution in [0.4, 0.5) is 5.69 Å². The molecule has 1 aromatic heterocycles. The lowest BCUT2D eigenvalue weighted by Gasteiger charge is -2.24. The number of carbonyl (C=O) groups is 1. The Labute approximate surface area is 184 Å². The van der Waals surface area contributed by atoms with Crippen molar-refractivity contribution >= 4 is 21.6 Å². The van der Waals surface area contributed by atoms with Crippen molar-refractivity contribution in [1.82, 2.24) is 10.3 Å². The number of rotatable bonds is 9. The Balaban J connectivity index is 1.70. The number of aryl methyl sites for hydroxylation is 2. The SMILES string of the molecule is Cc1ccc(N(CCC(=O)NCCc2ccccn2)S(=O)(=O)c2ccc(C)cc2)cc1. The molecule has 162 valence electrons. The molecule has 0 radical (unpaired) electrons. The number of amides is 1. The van der Waals surface area contributed by atoms with Crippen molar-refractivity contribution in [2.45, 2.75) is 31.6 Å². The first-order chi connectivity index (χ1) is 14.9. The zero-order chi connectivity index (χ0) is 22.3. The van der Waals surface area contributed by atoms with Crippen LogP contribution in [0.5, 0.6) is 0 Å². The highest BCUT2D eigenvalue weighted by Gasteiger charge is 2.25. The molecule has 3 rings (SSSR count). The van der Waals surface area contributed by atoms with Gasteiger partial charge in [-0.1, -0.05) is 41.5 Å². The van der Waals surface area contributed by atoms with E-state index in [-0.39, 0.29) is 23.8 Å². The van der Waals surface area contributed by atoms with Gasteiger partial charge in [0, 0.05) is 37.8 Å². The lowest BCUT2D eigenvalue weighted by atomic mass is 10.2. The maximum absolute atomic E-state index is 13.3. The Morgan fingerprint density at radius 1 is 0.935 bits per heavy atom. The van der Waals surface area contributed by atoms with E-state index in [1.807, 2.05) is 44.2 Å². The molecule has 6 nitrogen and oxygen atoms in total. The molecule has 0 saturated carbocycles. The van der Waals surface area contributed by atoms with Gasteiger partial charge in [0.25, 0.3) is 10.0 Å². The van der Waals surface area contributed by atoms with Gasteiger partial charge in [0.1, 0.15) is 0 Å². The molecule has 0 atom stereocenters. The van der Waals surface area contributed by atoms with Crippen LogP contribution >= 0.6 is 0 Å². The third-order valence-electron chi connectivity index (χ3n) is 4.90. The van der Waals surface area contributed by atoms with Gasteiger partial charge in [0.15, 0.2) is 0 Å². The standard InChI is InChI=1S/C24H27N3O3S/c1-19-6-10-22(11-7-19)27(31(29,30)23-12-8-20(2)9-13-23)18-15-24(28)26-17-14-21-5-3-4-16-25-21/h3-13,16H,14-15,17-18H2,1-2H3,(H,26,28). The highest BCUT2D eigenvalue weighted by Crippen LogP contribution is 2.24. The van der Waals surface area contributed by atoms with Crippen molar-refractivity contribution in [2.24, 2.45) is 0 Å². The molecule has 0 unspecified atom stereocenters. The number of nitrogens with one attached hydrogen (secondary N) is 1. The predicted octanol–water partition coefficient (Wildman–Crippen LogP) is 3.64. The average Bonchev–Trinajstić information content (AvgIpc) is 2.76. The predicted molar refractivity (Wildman–Crippen MR) is 122 cm³/mol. The maximum atomic E-state index is 13.3. The molecule has 1 N–H and O–H groups in total. The first kappa shape index (κ1) is 22.5. The van der Waals surface area contributed by atoms with Crippen LogP contribution < -0.4 is 9.62 Å². The van der Waals surface area contributed by atoms with E-state index in [0.29, 0.717) is 18.7 Å². The molecule has 0 aliphatic carbocycles. The molecule has 2 aromatic carbocycles. The summed E-state index contributed by atoms with van der Waals surface area (Å²) in [4.78, 5) is 16.8. The molecular formula is C24H27N3O3S. The third kappa shape index (κ3) is 6.15. The summed E-state index contributed by atoms with van der Waals surface area (Å²) in [6.45, 7) is 4.35. The van der Waals surface area contributed by atoms with E-state index in [1.54, 1.807) is 42.6 Å². The zero-order valence-corrected chi connectivity index (χ0v) is 18.6. The molecule has 0 fully saturated rings. The lowest BCUT2D eigenvalue weighted by molar-refractivity contribution is -0.120. The summed E-state index contributed by atoms with van der Waals surface area (Å²) in [5.74, 6) is -0.202. The van der Waals surface area contributed by atoms with Gasteiger partial charge in [-0.2, -0.15) is 0 Å². The molecule has 1 heterocycles. The van der Waals surface area contributed by atoms with Crippen molar-refractivity contribution in [3.63, 3.8) is 0 Å². The van der Waals surface area contributed by atoms with E-state index in [4.69, 9.17) is 0 Å². The number of pyridine rings is 1. The van der Waals surface area contributed by atoms with Crippen LogP contribution in [-0.4, -0.2) is 32.4 Å². The van der Waals surface area contributed by atoms with Crippen LogP contribution in [0.3, 0.4) is 0 Å². The topological polar surface area (TPSA) is 79.4 Å². The number of benzene rings is 2. The molecule has 7 heteroatoms. The van der Waals surface area contributed by atoms with Gasteiger partial charge in [0.05, 0.1) is 10.6 Å². The number of hydrogen-bond donors (Lipinski definition) is 1. The van der Waals surface area contributed by atoms with E-state index in [1.165, 1.54) is 4.31 Å². The third-order valence-corrected chi connectivity index (χ3v) is 6.74. The molecule has 0 saturated heterocycles.